The van der Waals surface area contributed by atoms with Gasteiger partial charge < -0.3 is 5.11 Å². The molecule has 2 aromatic heterocycles. The molecule has 0 fully saturated rings. The Morgan fingerprint density at radius 3 is 2.50 bits per heavy atom. The quantitative estimate of drug-likeness (QED) is 0.601. The highest BCUT2D eigenvalue weighted by atomic mass is 32.1. The lowest BCUT2D eigenvalue weighted by molar-refractivity contribution is 0.0697. The predicted molar refractivity (Wildman–Crippen MR) is 99.6 cm³/mol. The third-order valence-corrected chi connectivity index (χ3v) is 5.08. The molecule has 2 heterocycles. The maximum absolute atomic E-state index is 12.7. The standard InChI is InChI=1S/C19H13N3O3S/c23-18-15-10-16(13-4-2-1-3-5-13)26-17(15)20-21-22(18)11-12-6-8-14(9-7-12)19(24)25/h1-10H,11H2,(H,24,25). The Bertz CT molecular complexity index is 1150. The molecule has 0 aliphatic carbocycles. The summed E-state index contributed by atoms with van der Waals surface area (Å²) in [6.07, 6.45) is 0. The second-order valence-corrected chi connectivity index (χ2v) is 6.78. The Kier molecular flexibility index (Phi) is 4.06. The molecule has 0 aliphatic rings. The van der Waals surface area contributed by atoms with Crippen molar-refractivity contribution in [1.29, 1.82) is 0 Å². The Labute approximate surface area is 152 Å². The van der Waals surface area contributed by atoms with Crippen LogP contribution in [0.1, 0.15) is 15.9 Å². The molecule has 128 valence electrons. The SMILES string of the molecule is O=C(O)c1ccc(Cn2nnc3sc(-c4ccccc4)cc3c2=O)cc1. The van der Waals surface area contributed by atoms with Gasteiger partial charge in [0.15, 0.2) is 4.83 Å². The van der Waals surface area contributed by atoms with Gasteiger partial charge in [0.05, 0.1) is 17.5 Å². The Morgan fingerprint density at radius 1 is 1.08 bits per heavy atom. The molecule has 0 aliphatic heterocycles. The number of nitrogens with zero attached hydrogens (tertiary/aromatic N) is 3. The molecule has 2 aromatic carbocycles. The topological polar surface area (TPSA) is 85.1 Å². The monoisotopic (exact) mass is 363 g/mol. The summed E-state index contributed by atoms with van der Waals surface area (Å²) in [6, 6.07) is 18.0. The molecule has 0 bridgehead atoms. The summed E-state index contributed by atoms with van der Waals surface area (Å²) < 4.78 is 1.29. The molecule has 1 N–H and O–H groups in total. The number of hydrogen-bond donors (Lipinski definition) is 1. The normalized spacial score (nSPS) is 10.9. The van der Waals surface area contributed by atoms with Gasteiger partial charge in [-0.2, -0.15) is 0 Å². The number of aromatic nitrogens is 3. The van der Waals surface area contributed by atoms with Crippen molar-refractivity contribution in [2.75, 3.05) is 0 Å². The number of aromatic carboxylic acids is 1. The lowest BCUT2D eigenvalue weighted by Crippen LogP contribution is -2.24. The van der Waals surface area contributed by atoms with Crippen molar-refractivity contribution in [1.82, 2.24) is 15.0 Å². The summed E-state index contributed by atoms with van der Waals surface area (Å²) in [5.74, 6) is -0.985. The van der Waals surface area contributed by atoms with E-state index in [4.69, 9.17) is 5.11 Å². The van der Waals surface area contributed by atoms with E-state index in [2.05, 4.69) is 10.3 Å². The zero-order valence-electron chi connectivity index (χ0n) is 13.5. The van der Waals surface area contributed by atoms with E-state index in [9.17, 15) is 9.59 Å². The van der Waals surface area contributed by atoms with Crippen LogP contribution in [0, 0.1) is 0 Å². The van der Waals surface area contributed by atoms with E-state index in [-0.39, 0.29) is 17.7 Å². The molecule has 4 aromatic rings. The van der Waals surface area contributed by atoms with Gasteiger partial charge in [-0.3, -0.25) is 4.79 Å². The summed E-state index contributed by atoms with van der Waals surface area (Å²) >= 11 is 1.43. The zero-order chi connectivity index (χ0) is 18.1. The highest BCUT2D eigenvalue weighted by Gasteiger charge is 2.12. The first-order chi connectivity index (χ1) is 12.6. The molecule has 7 heteroatoms. The van der Waals surface area contributed by atoms with E-state index in [1.165, 1.54) is 28.2 Å². The first kappa shape index (κ1) is 16.2. The Balaban J connectivity index is 1.69. The van der Waals surface area contributed by atoms with E-state index in [0.717, 1.165) is 16.0 Å². The first-order valence-electron chi connectivity index (χ1n) is 7.87. The lowest BCUT2D eigenvalue weighted by Gasteiger charge is -2.04. The maximum atomic E-state index is 12.7. The van der Waals surface area contributed by atoms with Crippen LogP contribution in [0.4, 0.5) is 0 Å². The van der Waals surface area contributed by atoms with Crippen LogP contribution < -0.4 is 5.56 Å². The molecule has 0 radical (unpaired) electrons. The van der Waals surface area contributed by atoms with Crippen LogP contribution in [-0.4, -0.2) is 26.1 Å². The van der Waals surface area contributed by atoms with Crippen molar-refractivity contribution in [2.24, 2.45) is 0 Å². The maximum Gasteiger partial charge on any atom is 0.335 e. The van der Waals surface area contributed by atoms with Gasteiger partial charge in [-0.1, -0.05) is 47.7 Å². The summed E-state index contributed by atoms with van der Waals surface area (Å²) in [7, 11) is 0. The van der Waals surface area contributed by atoms with E-state index < -0.39 is 5.97 Å². The van der Waals surface area contributed by atoms with Crippen LogP contribution >= 0.6 is 11.3 Å². The van der Waals surface area contributed by atoms with Crippen LogP contribution in [-0.2, 0) is 6.54 Å². The second-order valence-electron chi connectivity index (χ2n) is 5.75. The fourth-order valence-corrected chi connectivity index (χ4v) is 3.63. The van der Waals surface area contributed by atoms with Crippen LogP contribution in [0.15, 0.2) is 65.5 Å². The average molecular weight is 363 g/mol. The molecule has 4 rings (SSSR count). The molecule has 0 saturated heterocycles. The fraction of sp³-hybridized carbons (Fsp3) is 0.0526. The molecule has 0 atom stereocenters. The van der Waals surface area contributed by atoms with Crippen molar-refractivity contribution in [2.45, 2.75) is 6.54 Å². The number of fused-ring (bicyclic) bond motifs is 1. The molecule has 0 saturated carbocycles. The van der Waals surface area contributed by atoms with E-state index >= 15 is 0 Å². The minimum Gasteiger partial charge on any atom is -0.478 e. The largest absolute Gasteiger partial charge is 0.478 e. The third kappa shape index (κ3) is 3.00. The molecule has 0 amide bonds. The summed E-state index contributed by atoms with van der Waals surface area (Å²) in [4.78, 5) is 25.2. The predicted octanol–water partition coefficient (Wildman–Crippen LogP) is 3.27. The molecular weight excluding hydrogens is 350 g/mol. The summed E-state index contributed by atoms with van der Waals surface area (Å²) in [5, 5.41) is 17.7. The lowest BCUT2D eigenvalue weighted by atomic mass is 10.1. The number of hydrogen-bond acceptors (Lipinski definition) is 5. The first-order valence-corrected chi connectivity index (χ1v) is 8.68. The fourth-order valence-electron chi connectivity index (χ4n) is 2.66. The smallest absolute Gasteiger partial charge is 0.335 e. The third-order valence-electron chi connectivity index (χ3n) is 4.01. The average Bonchev–Trinajstić information content (AvgIpc) is 3.10. The number of carboxylic acids is 1. The van der Waals surface area contributed by atoms with Gasteiger partial charge in [0, 0.05) is 4.88 Å². The Hall–Kier alpha value is -3.32. The minimum absolute atomic E-state index is 0.202. The van der Waals surface area contributed by atoms with Crippen LogP contribution in [0.3, 0.4) is 0 Å². The van der Waals surface area contributed by atoms with Crippen molar-refractivity contribution in [3.63, 3.8) is 0 Å². The molecule has 0 spiro atoms. The van der Waals surface area contributed by atoms with Crippen LogP contribution in [0.5, 0.6) is 0 Å². The van der Waals surface area contributed by atoms with Gasteiger partial charge in [0.25, 0.3) is 5.56 Å². The van der Waals surface area contributed by atoms with E-state index in [1.807, 2.05) is 36.4 Å². The van der Waals surface area contributed by atoms with Crippen molar-refractivity contribution < 1.29 is 9.90 Å². The van der Waals surface area contributed by atoms with Gasteiger partial charge in [0.2, 0.25) is 0 Å². The molecule has 26 heavy (non-hydrogen) atoms. The molecule has 0 unspecified atom stereocenters. The number of carboxylic acid groups (broad SMARTS) is 1. The van der Waals surface area contributed by atoms with Crippen molar-refractivity contribution in [3.8, 4) is 10.4 Å². The second kappa shape index (κ2) is 6.53. The minimum atomic E-state index is -0.985. The van der Waals surface area contributed by atoms with Gasteiger partial charge in [-0.05, 0) is 29.3 Å². The van der Waals surface area contributed by atoms with E-state index in [0.29, 0.717) is 10.2 Å². The number of rotatable bonds is 4. The zero-order valence-corrected chi connectivity index (χ0v) is 14.3. The highest BCUT2D eigenvalue weighted by molar-refractivity contribution is 7.21. The number of thiophene rings is 1. The number of carbonyl (C=O) groups is 1. The molecular formula is C19H13N3O3S. The van der Waals surface area contributed by atoms with Gasteiger partial charge >= 0.3 is 5.97 Å². The van der Waals surface area contributed by atoms with Gasteiger partial charge in [-0.15, -0.1) is 16.4 Å². The summed E-state index contributed by atoms with van der Waals surface area (Å²) in [5.41, 5.74) is 1.80. The van der Waals surface area contributed by atoms with Crippen molar-refractivity contribution in [3.05, 3.63) is 82.1 Å². The Morgan fingerprint density at radius 2 is 1.81 bits per heavy atom. The number of benzene rings is 2. The molecule has 6 nitrogen and oxygen atoms in total. The van der Waals surface area contributed by atoms with Gasteiger partial charge in [-0.25, -0.2) is 9.48 Å². The van der Waals surface area contributed by atoms with E-state index in [1.54, 1.807) is 12.1 Å². The summed E-state index contributed by atoms with van der Waals surface area (Å²) in [6.45, 7) is 0.234. The van der Waals surface area contributed by atoms with Crippen LogP contribution in [0.25, 0.3) is 20.7 Å². The van der Waals surface area contributed by atoms with Crippen LogP contribution in [0.2, 0.25) is 0 Å². The van der Waals surface area contributed by atoms with Gasteiger partial charge in [0.1, 0.15) is 0 Å². The highest BCUT2D eigenvalue weighted by Crippen LogP contribution is 2.30. The van der Waals surface area contributed by atoms with Crippen molar-refractivity contribution >= 4 is 27.5 Å².